The number of carbonyl (C=O) groups excluding carboxylic acids is 1. The molecule has 2 rings (SSSR count). The molecule has 1 saturated carbocycles. The topological polar surface area (TPSA) is 55.1 Å². The maximum absolute atomic E-state index is 11.3. The molecule has 0 bridgehead atoms. The zero-order chi connectivity index (χ0) is 8.55. The second-order valence-corrected chi connectivity index (χ2v) is 3.95. The Morgan fingerprint density at radius 2 is 2.17 bits per heavy atom. The molecule has 2 atom stereocenters. The first-order chi connectivity index (χ1) is 5.79. The maximum atomic E-state index is 11.3. The summed E-state index contributed by atoms with van der Waals surface area (Å²) < 4.78 is 0. The lowest BCUT2D eigenvalue weighted by Crippen LogP contribution is -2.43. The van der Waals surface area contributed by atoms with Crippen molar-refractivity contribution in [1.29, 1.82) is 0 Å². The van der Waals surface area contributed by atoms with Gasteiger partial charge in [0.15, 0.2) is 0 Å². The van der Waals surface area contributed by atoms with E-state index in [0.717, 1.165) is 13.0 Å². The normalized spacial score (nSPS) is 32.8. The van der Waals surface area contributed by atoms with Gasteiger partial charge in [0.1, 0.15) is 0 Å². The molecule has 1 aliphatic carbocycles. The van der Waals surface area contributed by atoms with Gasteiger partial charge in [-0.3, -0.25) is 4.79 Å². The Kier molecular flexibility index (Phi) is 2.05. The van der Waals surface area contributed by atoms with Crippen LogP contribution >= 0.6 is 0 Å². The Balaban J connectivity index is 1.93. The zero-order valence-corrected chi connectivity index (χ0v) is 7.25. The highest BCUT2D eigenvalue weighted by molar-refractivity contribution is 5.81. The Labute approximate surface area is 72.7 Å². The van der Waals surface area contributed by atoms with Crippen LogP contribution in [0.4, 0.5) is 0 Å². The predicted molar refractivity (Wildman–Crippen MR) is 46.4 cm³/mol. The third-order valence-corrected chi connectivity index (χ3v) is 3.25. The summed E-state index contributed by atoms with van der Waals surface area (Å²) in [4.78, 5) is 11.3. The fraction of sp³-hybridized carbons (Fsp3) is 0.889. The summed E-state index contributed by atoms with van der Waals surface area (Å²) in [6, 6.07) is 0.126. The van der Waals surface area contributed by atoms with E-state index in [2.05, 4.69) is 5.32 Å². The summed E-state index contributed by atoms with van der Waals surface area (Å²) >= 11 is 0. The number of carbonyl (C=O) groups is 1. The van der Waals surface area contributed by atoms with E-state index in [0.29, 0.717) is 5.92 Å². The van der Waals surface area contributed by atoms with E-state index in [-0.39, 0.29) is 17.9 Å². The monoisotopic (exact) mass is 168 g/mol. The van der Waals surface area contributed by atoms with Crippen LogP contribution in [0.25, 0.3) is 0 Å². The highest BCUT2D eigenvalue weighted by atomic mass is 16.2. The molecule has 0 radical (unpaired) electrons. The highest BCUT2D eigenvalue weighted by Gasteiger charge is 2.36. The first kappa shape index (κ1) is 8.05. The van der Waals surface area contributed by atoms with Crippen LogP contribution in [0, 0.1) is 11.8 Å². The van der Waals surface area contributed by atoms with Gasteiger partial charge in [0.25, 0.3) is 0 Å². The largest absolute Gasteiger partial charge is 0.356 e. The van der Waals surface area contributed by atoms with Gasteiger partial charge in [-0.2, -0.15) is 0 Å². The number of amides is 1. The minimum absolute atomic E-state index is 0.107. The minimum Gasteiger partial charge on any atom is -0.356 e. The van der Waals surface area contributed by atoms with Gasteiger partial charge in [0.2, 0.25) is 5.91 Å². The third kappa shape index (κ3) is 1.22. The van der Waals surface area contributed by atoms with Gasteiger partial charge in [-0.25, -0.2) is 0 Å². The van der Waals surface area contributed by atoms with Crippen molar-refractivity contribution in [3.8, 4) is 0 Å². The van der Waals surface area contributed by atoms with Gasteiger partial charge in [0, 0.05) is 12.6 Å². The molecule has 12 heavy (non-hydrogen) atoms. The van der Waals surface area contributed by atoms with Crippen molar-refractivity contribution in [3.63, 3.8) is 0 Å². The predicted octanol–water partition coefficient (Wildman–Crippen LogP) is 0.250. The van der Waals surface area contributed by atoms with Crippen molar-refractivity contribution in [2.24, 2.45) is 17.6 Å². The van der Waals surface area contributed by atoms with Crippen LogP contribution in [0.1, 0.15) is 25.7 Å². The molecule has 1 saturated heterocycles. The molecule has 2 unspecified atom stereocenters. The van der Waals surface area contributed by atoms with E-state index < -0.39 is 0 Å². The molecule has 2 aliphatic rings. The van der Waals surface area contributed by atoms with E-state index in [1.807, 2.05) is 0 Å². The van der Waals surface area contributed by atoms with Crippen molar-refractivity contribution < 1.29 is 4.79 Å². The number of nitrogens with two attached hydrogens (primary N) is 1. The SMILES string of the molecule is NC(C1CCC1)C1CCNC1=O. The van der Waals surface area contributed by atoms with Crippen LogP contribution in [0.5, 0.6) is 0 Å². The zero-order valence-electron chi connectivity index (χ0n) is 7.25. The van der Waals surface area contributed by atoms with Crippen LogP contribution < -0.4 is 11.1 Å². The fourth-order valence-corrected chi connectivity index (χ4v) is 2.13. The van der Waals surface area contributed by atoms with E-state index in [1.54, 1.807) is 0 Å². The second-order valence-electron chi connectivity index (χ2n) is 3.95. The average molecular weight is 168 g/mol. The highest BCUT2D eigenvalue weighted by Crippen LogP contribution is 2.33. The van der Waals surface area contributed by atoms with Gasteiger partial charge in [0.05, 0.1) is 5.92 Å². The van der Waals surface area contributed by atoms with Crippen LogP contribution in [-0.2, 0) is 4.79 Å². The molecule has 3 N–H and O–H groups in total. The molecule has 0 aromatic rings. The quantitative estimate of drug-likeness (QED) is 0.621. The average Bonchev–Trinajstić information content (AvgIpc) is 2.31. The second kappa shape index (κ2) is 3.05. The molecule has 1 amide bonds. The Bertz CT molecular complexity index is 189. The number of hydrogen-bond donors (Lipinski definition) is 2. The fourth-order valence-electron chi connectivity index (χ4n) is 2.13. The molecule has 1 aliphatic heterocycles. The molecule has 0 spiro atoms. The third-order valence-electron chi connectivity index (χ3n) is 3.25. The van der Waals surface area contributed by atoms with Crippen LogP contribution in [0.2, 0.25) is 0 Å². The van der Waals surface area contributed by atoms with Gasteiger partial charge >= 0.3 is 0 Å². The molecule has 0 aromatic carbocycles. The summed E-state index contributed by atoms with van der Waals surface area (Å²) in [5.41, 5.74) is 6.01. The number of nitrogens with one attached hydrogen (secondary N) is 1. The summed E-state index contributed by atoms with van der Waals surface area (Å²) in [6.45, 7) is 0.823. The van der Waals surface area contributed by atoms with Crippen LogP contribution in [0.3, 0.4) is 0 Å². The van der Waals surface area contributed by atoms with Gasteiger partial charge in [-0.15, -0.1) is 0 Å². The lowest BCUT2D eigenvalue weighted by molar-refractivity contribution is -0.123. The molecule has 0 aromatic heterocycles. The molecule has 3 nitrogen and oxygen atoms in total. The molecule has 3 heteroatoms. The molecular formula is C9H16N2O. The van der Waals surface area contributed by atoms with Crippen molar-refractivity contribution in [1.82, 2.24) is 5.32 Å². The van der Waals surface area contributed by atoms with E-state index in [9.17, 15) is 4.79 Å². The van der Waals surface area contributed by atoms with Crippen molar-refractivity contribution in [2.75, 3.05) is 6.54 Å². The standard InChI is InChI=1S/C9H16N2O/c10-8(6-2-1-3-6)7-4-5-11-9(7)12/h6-8H,1-5,10H2,(H,11,12). The minimum atomic E-state index is 0.107. The number of hydrogen-bond acceptors (Lipinski definition) is 2. The summed E-state index contributed by atoms with van der Waals surface area (Å²) in [5.74, 6) is 0.906. The van der Waals surface area contributed by atoms with Crippen LogP contribution in [-0.4, -0.2) is 18.5 Å². The molecule has 1 heterocycles. The molecular weight excluding hydrogens is 152 g/mol. The van der Waals surface area contributed by atoms with E-state index >= 15 is 0 Å². The summed E-state index contributed by atoms with van der Waals surface area (Å²) in [6.07, 6.45) is 4.69. The van der Waals surface area contributed by atoms with Crippen molar-refractivity contribution in [3.05, 3.63) is 0 Å². The van der Waals surface area contributed by atoms with Crippen molar-refractivity contribution >= 4 is 5.91 Å². The first-order valence-corrected chi connectivity index (χ1v) is 4.82. The first-order valence-electron chi connectivity index (χ1n) is 4.82. The van der Waals surface area contributed by atoms with E-state index in [1.165, 1.54) is 19.3 Å². The van der Waals surface area contributed by atoms with Crippen molar-refractivity contribution in [2.45, 2.75) is 31.7 Å². The molecule has 68 valence electrons. The Morgan fingerprint density at radius 1 is 1.42 bits per heavy atom. The maximum Gasteiger partial charge on any atom is 0.224 e. The van der Waals surface area contributed by atoms with Gasteiger partial charge < -0.3 is 11.1 Å². The lowest BCUT2D eigenvalue weighted by Gasteiger charge is -2.33. The van der Waals surface area contributed by atoms with Gasteiger partial charge in [-0.1, -0.05) is 6.42 Å². The lowest BCUT2D eigenvalue weighted by atomic mass is 9.75. The van der Waals surface area contributed by atoms with E-state index in [4.69, 9.17) is 5.73 Å². The summed E-state index contributed by atoms with van der Waals surface area (Å²) in [7, 11) is 0. The molecule has 2 fully saturated rings. The van der Waals surface area contributed by atoms with Gasteiger partial charge in [-0.05, 0) is 25.2 Å². The van der Waals surface area contributed by atoms with Crippen LogP contribution in [0.15, 0.2) is 0 Å². The smallest absolute Gasteiger partial charge is 0.224 e. The number of rotatable bonds is 2. The Morgan fingerprint density at radius 3 is 2.58 bits per heavy atom. The Hall–Kier alpha value is -0.570. The summed E-state index contributed by atoms with van der Waals surface area (Å²) in [5, 5.41) is 2.83.